The molecule has 0 aliphatic carbocycles. The van der Waals surface area contributed by atoms with E-state index in [4.69, 9.17) is 27.9 Å². The summed E-state index contributed by atoms with van der Waals surface area (Å²) in [6.45, 7) is 1.76. The van der Waals surface area contributed by atoms with Crippen molar-refractivity contribution in [3.05, 3.63) is 39.8 Å². The maximum absolute atomic E-state index is 13.6. The molecule has 29 heavy (non-hydrogen) atoms. The van der Waals surface area contributed by atoms with Crippen LogP contribution in [-0.2, 0) is 14.8 Å². The quantitative estimate of drug-likeness (QED) is 0.436. The van der Waals surface area contributed by atoms with E-state index in [9.17, 15) is 17.6 Å². The highest BCUT2D eigenvalue weighted by molar-refractivity contribution is 7.92. The standard InChI is InChI=1S/C15H12Cl2FN5O5S/c1-3-28-15-19-9(18)6-10-20-14(21-23(10)15)29(25,26)22-12-8(17)5-4-7(16)11(12)13(24)27-2/h4-6,22H,3H2,1-2H3. The third-order valence-corrected chi connectivity index (χ3v) is 5.24. The lowest BCUT2D eigenvalue weighted by atomic mass is 10.2. The van der Waals surface area contributed by atoms with E-state index in [1.54, 1.807) is 6.92 Å². The van der Waals surface area contributed by atoms with Crippen LogP contribution in [0.2, 0.25) is 10.0 Å². The molecule has 0 saturated heterocycles. The SMILES string of the molecule is CCOc1nc(F)cc2nc(S(=O)(=O)Nc3c(Cl)ccc(Cl)c3C(=O)OC)nn12. The van der Waals surface area contributed by atoms with Crippen molar-refractivity contribution in [2.24, 2.45) is 0 Å². The molecule has 0 radical (unpaired) electrons. The van der Waals surface area contributed by atoms with E-state index in [-0.39, 0.29) is 39.6 Å². The highest BCUT2D eigenvalue weighted by Gasteiger charge is 2.28. The number of aromatic nitrogens is 4. The van der Waals surface area contributed by atoms with Gasteiger partial charge in [0.2, 0.25) is 5.95 Å². The highest BCUT2D eigenvalue weighted by atomic mass is 35.5. The Bertz CT molecular complexity index is 1220. The van der Waals surface area contributed by atoms with Crippen LogP contribution in [0.3, 0.4) is 0 Å². The molecule has 1 N–H and O–H groups in total. The number of rotatable bonds is 6. The van der Waals surface area contributed by atoms with Crippen LogP contribution in [0.15, 0.2) is 23.4 Å². The zero-order chi connectivity index (χ0) is 21.3. The van der Waals surface area contributed by atoms with Gasteiger partial charge in [0.25, 0.3) is 15.2 Å². The summed E-state index contributed by atoms with van der Waals surface area (Å²) in [6, 6.07) is 3.19. The summed E-state index contributed by atoms with van der Waals surface area (Å²) in [5.41, 5.74) is -0.775. The Labute approximate surface area is 173 Å². The fourth-order valence-electron chi connectivity index (χ4n) is 2.29. The van der Waals surface area contributed by atoms with Gasteiger partial charge in [-0.15, -0.1) is 5.10 Å². The van der Waals surface area contributed by atoms with Crippen LogP contribution in [0.5, 0.6) is 6.01 Å². The zero-order valence-electron chi connectivity index (χ0n) is 14.8. The van der Waals surface area contributed by atoms with E-state index in [1.807, 2.05) is 0 Å². The smallest absolute Gasteiger partial charge is 0.341 e. The van der Waals surface area contributed by atoms with Crippen LogP contribution in [-0.4, -0.2) is 47.7 Å². The van der Waals surface area contributed by atoms with E-state index in [0.717, 1.165) is 17.7 Å². The molecule has 1 aromatic carbocycles. The molecule has 0 spiro atoms. The number of benzene rings is 1. The Morgan fingerprint density at radius 1 is 1.28 bits per heavy atom. The lowest BCUT2D eigenvalue weighted by molar-refractivity contribution is 0.0602. The van der Waals surface area contributed by atoms with Gasteiger partial charge in [-0.25, -0.2) is 4.79 Å². The molecule has 0 saturated carbocycles. The second-order valence-electron chi connectivity index (χ2n) is 5.34. The van der Waals surface area contributed by atoms with Crippen LogP contribution in [0.25, 0.3) is 5.65 Å². The Hall–Kier alpha value is -2.70. The predicted octanol–water partition coefficient (Wildman–Crippen LogP) is 2.56. The number of carbonyl (C=O) groups is 1. The number of fused-ring (bicyclic) bond motifs is 1. The summed E-state index contributed by atoms with van der Waals surface area (Å²) < 4.78 is 52.0. The van der Waals surface area contributed by atoms with Gasteiger partial charge >= 0.3 is 12.0 Å². The molecule has 3 aromatic rings. The van der Waals surface area contributed by atoms with Gasteiger partial charge in [-0.1, -0.05) is 23.2 Å². The summed E-state index contributed by atoms with van der Waals surface area (Å²) >= 11 is 12.0. The molecular weight excluding hydrogens is 452 g/mol. The number of halogens is 3. The topological polar surface area (TPSA) is 125 Å². The number of sulfonamides is 1. The molecule has 10 nitrogen and oxygen atoms in total. The molecule has 0 atom stereocenters. The zero-order valence-corrected chi connectivity index (χ0v) is 17.1. The van der Waals surface area contributed by atoms with Crippen molar-refractivity contribution >= 4 is 50.5 Å². The Kier molecular flexibility index (Phi) is 5.78. The first-order valence-electron chi connectivity index (χ1n) is 7.83. The average Bonchev–Trinajstić information content (AvgIpc) is 3.09. The van der Waals surface area contributed by atoms with Gasteiger partial charge in [-0.05, 0) is 19.1 Å². The number of ether oxygens (including phenoxy) is 2. The first kappa shape index (κ1) is 21.0. The molecule has 2 heterocycles. The van der Waals surface area contributed by atoms with Crippen molar-refractivity contribution in [2.45, 2.75) is 12.1 Å². The predicted molar refractivity (Wildman–Crippen MR) is 101 cm³/mol. The van der Waals surface area contributed by atoms with E-state index in [2.05, 4.69) is 24.5 Å². The lowest BCUT2D eigenvalue weighted by Crippen LogP contribution is -2.18. The van der Waals surface area contributed by atoms with Gasteiger partial charge in [0.1, 0.15) is 5.56 Å². The highest BCUT2D eigenvalue weighted by Crippen LogP contribution is 2.34. The second kappa shape index (κ2) is 7.97. The number of carbonyl (C=O) groups excluding carboxylic acids is 1. The summed E-state index contributed by atoms with van der Waals surface area (Å²) in [4.78, 5) is 19.3. The molecule has 14 heteroatoms. The maximum Gasteiger partial charge on any atom is 0.341 e. The Morgan fingerprint density at radius 3 is 2.62 bits per heavy atom. The van der Waals surface area contributed by atoms with Crippen molar-refractivity contribution in [3.8, 4) is 6.01 Å². The molecule has 2 aromatic heterocycles. The fraction of sp³-hybridized carbons (Fsp3) is 0.200. The van der Waals surface area contributed by atoms with E-state index in [1.165, 1.54) is 12.1 Å². The minimum atomic E-state index is -4.47. The van der Waals surface area contributed by atoms with Gasteiger partial charge in [0, 0.05) is 6.07 Å². The van der Waals surface area contributed by atoms with Gasteiger partial charge < -0.3 is 9.47 Å². The van der Waals surface area contributed by atoms with Crippen molar-refractivity contribution in [1.29, 1.82) is 0 Å². The Balaban J connectivity index is 2.11. The number of hydrogen-bond donors (Lipinski definition) is 1. The van der Waals surface area contributed by atoms with Crippen molar-refractivity contribution < 1.29 is 27.1 Å². The molecule has 0 aliphatic heterocycles. The summed E-state index contributed by atoms with van der Waals surface area (Å²) in [5, 5.41) is 2.85. The number of esters is 1. The number of anilines is 1. The summed E-state index contributed by atoms with van der Waals surface area (Å²) in [6.07, 6.45) is 0. The molecule has 0 amide bonds. The number of nitrogens with one attached hydrogen (secondary N) is 1. The van der Waals surface area contributed by atoms with Crippen molar-refractivity contribution in [1.82, 2.24) is 19.6 Å². The van der Waals surface area contributed by atoms with Crippen molar-refractivity contribution in [2.75, 3.05) is 18.4 Å². The van der Waals surface area contributed by atoms with Gasteiger partial charge in [-0.3, -0.25) is 4.72 Å². The minimum absolute atomic E-state index is 0.0909. The van der Waals surface area contributed by atoms with E-state index >= 15 is 0 Å². The summed E-state index contributed by atoms with van der Waals surface area (Å²) in [7, 11) is -3.38. The molecule has 0 unspecified atom stereocenters. The molecule has 0 bridgehead atoms. The molecule has 0 fully saturated rings. The van der Waals surface area contributed by atoms with Gasteiger partial charge in [-0.2, -0.15) is 27.3 Å². The number of hydrogen-bond acceptors (Lipinski definition) is 8. The van der Waals surface area contributed by atoms with Crippen LogP contribution in [0.1, 0.15) is 17.3 Å². The molecule has 0 aliphatic rings. The van der Waals surface area contributed by atoms with Crippen molar-refractivity contribution in [3.63, 3.8) is 0 Å². The second-order valence-corrected chi connectivity index (χ2v) is 7.73. The van der Waals surface area contributed by atoms with E-state index < -0.39 is 27.1 Å². The first-order chi connectivity index (χ1) is 13.7. The molecule has 154 valence electrons. The number of methoxy groups -OCH3 is 1. The maximum atomic E-state index is 13.6. The minimum Gasteiger partial charge on any atom is -0.465 e. The number of nitrogens with zero attached hydrogens (tertiary/aromatic N) is 4. The van der Waals surface area contributed by atoms with Gasteiger partial charge in [0.05, 0.1) is 29.4 Å². The molecular formula is C15H12Cl2FN5O5S. The molecule has 3 rings (SSSR count). The largest absolute Gasteiger partial charge is 0.465 e. The van der Waals surface area contributed by atoms with Crippen LogP contribution in [0, 0.1) is 5.95 Å². The third kappa shape index (κ3) is 4.04. The van der Waals surface area contributed by atoms with Crippen LogP contribution < -0.4 is 9.46 Å². The van der Waals surface area contributed by atoms with Crippen LogP contribution in [0.4, 0.5) is 10.1 Å². The lowest BCUT2D eigenvalue weighted by Gasteiger charge is -2.12. The Morgan fingerprint density at radius 2 is 1.97 bits per heavy atom. The van der Waals surface area contributed by atoms with Gasteiger partial charge in [0.15, 0.2) is 5.65 Å². The van der Waals surface area contributed by atoms with E-state index in [0.29, 0.717) is 0 Å². The third-order valence-electron chi connectivity index (χ3n) is 3.49. The fourth-order valence-corrected chi connectivity index (χ4v) is 3.76. The monoisotopic (exact) mass is 463 g/mol. The first-order valence-corrected chi connectivity index (χ1v) is 10.1. The van der Waals surface area contributed by atoms with Crippen LogP contribution >= 0.6 is 23.2 Å². The normalized spacial score (nSPS) is 11.5. The average molecular weight is 464 g/mol. The summed E-state index contributed by atoms with van der Waals surface area (Å²) in [5.74, 6) is -1.85.